The van der Waals surface area contributed by atoms with Gasteiger partial charge in [-0.15, -0.1) is 0 Å². The highest BCUT2D eigenvalue weighted by atomic mass is 16.5. The van der Waals surface area contributed by atoms with Crippen molar-refractivity contribution in [3.05, 3.63) is 59.7 Å². The zero-order valence-corrected chi connectivity index (χ0v) is 17.1. The maximum atomic E-state index is 12.3. The van der Waals surface area contributed by atoms with Crippen LogP contribution in [-0.4, -0.2) is 42.2 Å². The smallest absolute Gasteiger partial charge is 0.338 e. The van der Waals surface area contributed by atoms with Crippen LogP contribution in [0.1, 0.15) is 46.4 Å². The average Bonchev–Trinajstić information content (AvgIpc) is 3.54. The van der Waals surface area contributed by atoms with Crippen LogP contribution in [0.15, 0.2) is 48.5 Å². The minimum atomic E-state index is -0.731. The molecule has 2 aromatic carbocycles. The molecular formula is C23H21N3O6. The van der Waals surface area contributed by atoms with E-state index < -0.39 is 18.5 Å². The van der Waals surface area contributed by atoms with Crippen LogP contribution in [0.25, 0.3) is 0 Å². The fourth-order valence-electron chi connectivity index (χ4n) is 3.29. The molecule has 0 unspecified atom stereocenters. The van der Waals surface area contributed by atoms with Gasteiger partial charge < -0.3 is 15.4 Å². The van der Waals surface area contributed by atoms with Gasteiger partial charge in [0.2, 0.25) is 11.8 Å². The normalized spacial score (nSPS) is 15.4. The molecule has 1 heterocycles. The number of rotatable bonds is 7. The number of nitrogens with zero attached hydrogens (tertiary/aromatic N) is 1. The first-order chi connectivity index (χ1) is 15.4. The molecule has 4 rings (SSSR count). The Morgan fingerprint density at radius 3 is 2.25 bits per heavy atom. The molecule has 164 valence electrons. The number of esters is 1. The van der Waals surface area contributed by atoms with Crippen molar-refractivity contribution in [1.29, 1.82) is 0 Å². The van der Waals surface area contributed by atoms with E-state index in [0.29, 0.717) is 16.9 Å². The fourth-order valence-corrected chi connectivity index (χ4v) is 3.29. The fraction of sp³-hybridized carbons (Fsp3) is 0.261. The van der Waals surface area contributed by atoms with Crippen molar-refractivity contribution in [3.8, 4) is 0 Å². The van der Waals surface area contributed by atoms with Gasteiger partial charge in [-0.3, -0.25) is 24.1 Å². The van der Waals surface area contributed by atoms with Crippen LogP contribution in [0, 0.1) is 0 Å². The predicted octanol–water partition coefficient (Wildman–Crippen LogP) is 2.03. The van der Waals surface area contributed by atoms with Crippen LogP contribution in [0.2, 0.25) is 0 Å². The summed E-state index contributed by atoms with van der Waals surface area (Å²) in [6.07, 6.45) is 2.23. The number of benzene rings is 2. The Bertz CT molecular complexity index is 1080. The van der Waals surface area contributed by atoms with E-state index in [0.717, 1.165) is 17.7 Å². The molecule has 32 heavy (non-hydrogen) atoms. The van der Waals surface area contributed by atoms with Crippen LogP contribution in [0.5, 0.6) is 0 Å². The van der Waals surface area contributed by atoms with Gasteiger partial charge in [0, 0.05) is 18.9 Å². The van der Waals surface area contributed by atoms with Crippen LogP contribution >= 0.6 is 0 Å². The van der Waals surface area contributed by atoms with Crippen molar-refractivity contribution in [3.63, 3.8) is 0 Å². The van der Waals surface area contributed by atoms with Gasteiger partial charge in [0.05, 0.1) is 22.5 Å². The van der Waals surface area contributed by atoms with Gasteiger partial charge in [0.15, 0.2) is 6.61 Å². The molecule has 9 nitrogen and oxygen atoms in total. The summed E-state index contributed by atoms with van der Waals surface area (Å²) in [6, 6.07) is 12.6. The molecule has 1 saturated heterocycles. The summed E-state index contributed by atoms with van der Waals surface area (Å²) < 4.78 is 5.05. The lowest BCUT2D eigenvalue weighted by Crippen LogP contribution is -2.28. The van der Waals surface area contributed by atoms with Crippen molar-refractivity contribution in [2.75, 3.05) is 16.8 Å². The monoisotopic (exact) mass is 435 g/mol. The van der Waals surface area contributed by atoms with Crippen LogP contribution in [0.3, 0.4) is 0 Å². The van der Waals surface area contributed by atoms with E-state index in [4.69, 9.17) is 4.74 Å². The largest absolute Gasteiger partial charge is 0.452 e. The van der Waals surface area contributed by atoms with E-state index in [1.807, 2.05) is 0 Å². The molecule has 0 aromatic heterocycles. The van der Waals surface area contributed by atoms with E-state index in [1.165, 1.54) is 24.3 Å². The maximum absolute atomic E-state index is 12.3. The number of anilines is 2. The maximum Gasteiger partial charge on any atom is 0.338 e. The summed E-state index contributed by atoms with van der Waals surface area (Å²) in [7, 11) is 0. The second-order valence-corrected chi connectivity index (χ2v) is 7.59. The molecule has 2 fully saturated rings. The number of hydrogen-bond acceptors (Lipinski definition) is 6. The van der Waals surface area contributed by atoms with Crippen LogP contribution < -0.4 is 15.5 Å². The van der Waals surface area contributed by atoms with Crippen molar-refractivity contribution in [2.24, 2.45) is 0 Å². The van der Waals surface area contributed by atoms with Gasteiger partial charge >= 0.3 is 5.97 Å². The SMILES string of the molecule is O=C(COC(=O)c1ccc(N2C(=O)CCC2=O)cc1)Nc1ccccc1C(=O)NC1CC1. The van der Waals surface area contributed by atoms with Crippen LogP contribution in [-0.2, 0) is 19.1 Å². The minimum absolute atomic E-state index is 0.170. The number of amides is 4. The summed E-state index contributed by atoms with van der Waals surface area (Å²) in [6.45, 7) is -0.539. The van der Waals surface area contributed by atoms with E-state index in [2.05, 4.69) is 10.6 Å². The summed E-state index contributed by atoms with van der Waals surface area (Å²) in [4.78, 5) is 61.5. The third-order valence-electron chi connectivity index (χ3n) is 5.11. The average molecular weight is 435 g/mol. The first kappa shape index (κ1) is 21.2. The summed E-state index contributed by atoms with van der Waals surface area (Å²) in [5, 5.41) is 5.45. The first-order valence-corrected chi connectivity index (χ1v) is 10.2. The van der Waals surface area contributed by atoms with E-state index in [9.17, 15) is 24.0 Å². The second-order valence-electron chi connectivity index (χ2n) is 7.59. The summed E-state index contributed by atoms with van der Waals surface area (Å²) in [5.74, 6) is -2.16. The van der Waals surface area contributed by atoms with Crippen LogP contribution in [0.4, 0.5) is 11.4 Å². The molecule has 2 aliphatic rings. The Morgan fingerprint density at radius 2 is 1.59 bits per heavy atom. The lowest BCUT2D eigenvalue weighted by Gasteiger charge is -2.14. The number of ether oxygens (including phenoxy) is 1. The van der Waals surface area contributed by atoms with Gasteiger partial charge in [0.25, 0.3) is 11.8 Å². The molecule has 1 aliphatic carbocycles. The quantitative estimate of drug-likeness (QED) is 0.507. The predicted molar refractivity (Wildman–Crippen MR) is 114 cm³/mol. The highest BCUT2D eigenvalue weighted by Crippen LogP contribution is 2.23. The van der Waals surface area contributed by atoms with E-state index >= 15 is 0 Å². The summed E-state index contributed by atoms with van der Waals surface area (Å²) >= 11 is 0. The molecule has 0 atom stereocenters. The van der Waals surface area contributed by atoms with Gasteiger partial charge in [-0.25, -0.2) is 4.79 Å². The number of carbonyl (C=O) groups excluding carboxylic acids is 5. The van der Waals surface area contributed by atoms with E-state index in [-0.39, 0.29) is 42.2 Å². The Morgan fingerprint density at radius 1 is 0.938 bits per heavy atom. The number of hydrogen-bond donors (Lipinski definition) is 2. The first-order valence-electron chi connectivity index (χ1n) is 10.2. The number of imide groups is 1. The molecule has 1 saturated carbocycles. The lowest BCUT2D eigenvalue weighted by atomic mass is 10.1. The third-order valence-corrected chi connectivity index (χ3v) is 5.11. The van der Waals surface area contributed by atoms with Crippen molar-refractivity contribution in [1.82, 2.24) is 5.32 Å². The molecule has 1 aliphatic heterocycles. The number of carbonyl (C=O) groups is 5. The molecule has 0 bridgehead atoms. The standard InChI is InChI=1S/C23H21N3O6/c27-19(25-18-4-2-1-3-17(18)22(30)24-15-7-8-15)13-32-23(31)14-5-9-16(10-6-14)26-20(28)11-12-21(26)29/h1-6,9-10,15H,7-8,11-13H2,(H,24,30)(H,25,27). The second kappa shape index (κ2) is 9.01. The topological polar surface area (TPSA) is 122 Å². The van der Waals surface area contributed by atoms with Gasteiger partial charge in [0.1, 0.15) is 0 Å². The molecule has 0 radical (unpaired) electrons. The Labute approximate surface area is 183 Å². The van der Waals surface area contributed by atoms with Crippen molar-refractivity contribution < 1.29 is 28.7 Å². The Kier molecular flexibility index (Phi) is 5.98. The molecule has 0 spiro atoms. The Balaban J connectivity index is 1.32. The number of nitrogens with one attached hydrogen (secondary N) is 2. The Hall–Kier alpha value is -4.01. The molecular weight excluding hydrogens is 414 g/mol. The highest BCUT2D eigenvalue weighted by molar-refractivity contribution is 6.19. The zero-order valence-electron chi connectivity index (χ0n) is 17.1. The molecule has 2 N–H and O–H groups in total. The number of para-hydroxylation sites is 1. The van der Waals surface area contributed by atoms with Crippen molar-refractivity contribution >= 4 is 41.0 Å². The molecule has 9 heteroatoms. The van der Waals surface area contributed by atoms with Crippen molar-refractivity contribution in [2.45, 2.75) is 31.7 Å². The van der Waals surface area contributed by atoms with Gasteiger partial charge in [-0.2, -0.15) is 0 Å². The van der Waals surface area contributed by atoms with Gasteiger partial charge in [-0.05, 0) is 49.2 Å². The van der Waals surface area contributed by atoms with E-state index in [1.54, 1.807) is 24.3 Å². The lowest BCUT2D eigenvalue weighted by molar-refractivity contribution is -0.121. The van der Waals surface area contributed by atoms with Gasteiger partial charge in [-0.1, -0.05) is 12.1 Å². The zero-order chi connectivity index (χ0) is 22.7. The third kappa shape index (κ3) is 4.83. The minimum Gasteiger partial charge on any atom is -0.452 e. The molecule has 2 aromatic rings. The molecule has 4 amide bonds. The highest BCUT2D eigenvalue weighted by Gasteiger charge is 2.30. The summed E-state index contributed by atoms with van der Waals surface area (Å²) in [5.41, 5.74) is 1.22.